The lowest BCUT2D eigenvalue weighted by Gasteiger charge is -2.42. The summed E-state index contributed by atoms with van der Waals surface area (Å²) in [6.07, 6.45) is -11.2. The Morgan fingerprint density at radius 2 is 1.53 bits per heavy atom. The summed E-state index contributed by atoms with van der Waals surface area (Å²) < 4.78 is 79.4. The Balaban J connectivity index is 1.99. The molecular formula is C22H19ClF6N2O3. The van der Waals surface area contributed by atoms with Crippen LogP contribution in [0.3, 0.4) is 0 Å². The molecule has 3 rings (SSSR count). The fraction of sp³-hybridized carbons (Fsp3) is 0.364. The first kappa shape index (κ1) is 25.7. The lowest BCUT2D eigenvalue weighted by molar-refractivity contribution is -0.143. The van der Waals surface area contributed by atoms with E-state index in [4.69, 9.17) is 11.6 Å². The normalized spacial score (nSPS) is 19.1. The number of benzene rings is 2. The molecule has 1 N–H and O–H groups in total. The highest BCUT2D eigenvalue weighted by atomic mass is 35.5. The Hall–Kier alpha value is -2.95. The van der Waals surface area contributed by atoms with E-state index in [-0.39, 0.29) is 25.6 Å². The van der Waals surface area contributed by atoms with Gasteiger partial charge in [0.05, 0.1) is 11.1 Å². The zero-order valence-electron chi connectivity index (χ0n) is 17.6. The van der Waals surface area contributed by atoms with Crippen LogP contribution in [0.1, 0.15) is 39.4 Å². The van der Waals surface area contributed by atoms with Crippen LogP contribution in [0, 0.1) is 0 Å². The van der Waals surface area contributed by atoms with Gasteiger partial charge in [-0.1, -0.05) is 23.7 Å². The summed E-state index contributed by atoms with van der Waals surface area (Å²) in [4.78, 5) is 26.8. The lowest BCUT2D eigenvalue weighted by atomic mass is 9.85. The van der Waals surface area contributed by atoms with E-state index >= 15 is 0 Å². The number of piperidine rings is 1. The van der Waals surface area contributed by atoms with Gasteiger partial charge in [-0.3, -0.25) is 4.79 Å². The van der Waals surface area contributed by atoms with Crippen LogP contribution in [0.4, 0.5) is 31.1 Å². The number of likely N-dealkylation sites (N-methyl/N-ethyl adjacent to an activating group) is 1. The summed E-state index contributed by atoms with van der Waals surface area (Å²) in [6, 6.07) is 6.45. The first-order chi connectivity index (χ1) is 15.7. The predicted octanol–water partition coefficient (Wildman–Crippen LogP) is 5.99. The molecule has 2 atom stereocenters. The summed E-state index contributed by atoms with van der Waals surface area (Å²) in [5.41, 5.74) is -3.32. The van der Waals surface area contributed by atoms with E-state index in [2.05, 4.69) is 0 Å². The summed E-state index contributed by atoms with van der Waals surface area (Å²) >= 11 is 5.91. The third-order valence-corrected chi connectivity index (χ3v) is 6.05. The maximum absolute atomic E-state index is 13.2. The Morgan fingerprint density at radius 1 is 1.00 bits per heavy atom. The van der Waals surface area contributed by atoms with E-state index < -0.39 is 53.0 Å². The van der Waals surface area contributed by atoms with Gasteiger partial charge in [0.25, 0.3) is 5.91 Å². The quantitative estimate of drug-likeness (QED) is 0.518. The molecule has 1 fully saturated rings. The number of alkyl halides is 6. The molecule has 0 radical (unpaired) electrons. The molecule has 2 amide bonds. The average Bonchev–Trinajstić information content (AvgIpc) is 2.76. The Labute approximate surface area is 195 Å². The van der Waals surface area contributed by atoms with Crippen LogP contribution < -0.4 is 0 Å². The average molecular weight is 509 g/mol. The van der Waals surface area contributed by atoms with Crippen molar-refractivity contribution in [3.05, 3.63) is 69.7 Å². The van der Waals surface area contributed by atoms with Gasteiger partial charge in [-0.05, 0) is 42.3 Å². The molecule has 0 spiro atoms. The number of nitrogens with zero attached hydrogens (tertiary/aromatic N) is 2. The summed E-state index contributed by atoms with van der Waals surface area (Å²) in [5, 5.41) is 9.80. The fourth-order valence-corrected chi connectivity index (χ4v) is 4.17. The van der Waals surface area contributed by atoms with Crippen LogP contribution >= 0.6 is 11.6 Å². The van der Waals surface area contributed by atoms with Crippen molar-refractivity contribution in [2.75, 3.05) is 20.1 Å². The molecule has 0 bridgehead atoms. The third kappa shape index (κ3) is 5.57. The van der Waals surface area contributed by atoms with Crippen LogP contribution in [-0.2, 0) is 12.4 Å². The molecule has 2 aromatic carbocycles. The van der Waals surface area contributed by atoms with Crippen molar-refractivity contribution in [1.29, 1.82) is 0 Å². The minimum absolute atomic E-state index is 0.0182. The second kappa shape index (κ2) is 9.36. The number of hydrogen-bond donors (Lipinski definition) is 1. The van der Waals surface area contributed by atoms with Crippen LogP contribution in [0.25, 0.3) is 0 Å². The van der Waals surface area contributed by atoms with Gasteiger partial charge in [0.1, 0.15) is 0 Å². The predicted molar refractivity (Wildman–Crippen MR) is 111 cm³/mol. The highest BCUT2D eigenvalue weighted by molar-refractivity contribution is 6.30. The molecule has 2 unspecified atom stereocenters. The van der Waals surface area contributed by atoms with Gasteiger partial charge in [-0.2, -0.15) is 26.3 Å². The number of hydrogen-bond acceptors (Lipinski definition) is 2. The largest absolute Gasteiger partial charge is 0.465 e. The Bertz CT molecular complexity index is 1040. The van der Waals surface area contributed by atoms with Crippen molar-refractivity contribution in [2.24, 2.45) is 0 Å². The monoisotopic (exact) mass is 508 g/mol. The molecule has 1 heterocycles. The number of carboxylic acid groups (broad SMARTS) is 1. The van der Waals surface area contributed by atoms with Crippen molar-refractivity contribution < 1.29 is 41.0 Å². The number of carbonyl (C=O) groups excluding carboxylic acids is 1. The van der Waals surface area contributed by atoms with E-state index in [1.165, 1.54) is 7.05 Å². The standard InChI is InChI=1S/C22H19ClF6N2O3/c1-30(19(32)13-8-14(21(24,25)26)10-15(9-13)22(27,28)29)18-6-7-31(20(33)34)11-17(18)12-2-4-16(23)5-3-12/h2-5,8-10,17-18H,6-7,11H2,1H3,(H,33,34). The molecule has 1 aliphatic heterocycles. The zero-order valence-corrected chi connectivity index (χ0v) is 18.4. The first-order valence-corrected chi connectivity index (χ1v) is 10.4. The Kier molecular flexibility index (Phi) is 7.07. The van der Waals surface area contributed by atoms with Gasteiger partial charge in [-0.25, -0.2) is 4.79 Å². The third-order valence-electron chi connectivity index (χ3n) is 5.80. The molecule has 5 nitrogen and oxygen atoms in total. The molecule has 1 aliphatic rings. The van der Waals surface area contributed by atoms with E-state index in [0.717, 1.165) is 9.80 Å². The highest BCUT2D eigenvalue weighted by Gasteiger charge is 2.40. The number of rotatable bonds is 3. The highest BCUT2D eigenvalue weighted by Crippen LogP contribution is 2.37. The maximum Gasteiger partial charge on any atom is 0.416 e. The van der Waals surface area contributed by atoms with Gasteiger partial charge >= 0.3 is 18.4 Å². The zero-order chi connectivity index (χ0) is 25.4. The fourth-order valence-electron chi connectivity index (χ4n) is 4.05. The summed E-state index contributed by atoms with van der Waals surface area (Å²) in [7, 11) is 1.28. The molecule has 12 heteroatoms. The molecule has 0 saturated carbocycles. The molecule has 1 saturated heterocycles. The smallest absolute Gasteiger partial charge is 0.416 e. The van der Waals surface area contributed by atoms with Gasteiger partial charge in [-0.15, -0.1) is 0 Å². The van der Waals surface area contributed by atoms with E-state index in [0.29, 0.717) is 22.7 Å². The van der Waals surface area contributed by atoms with Crippen molar-refractivity contribution in [1.82, 2.24) is 9.80 Å². The molecule has 34 heavy (non-hydrogen) atoms. The van der Waals surface area contributed by atoms with E-state index in [1.54, 1.807) is 24.3 Å². The second-order valence-electron chi connectivity index (χ2n) is 7.95. The SMILES string of the molecule is CN(C(=O)c1cc(C(F)(F)F)cc(C(F)(F)F)c1)C1CCN(C(=O)O)CC1c1ccc(Cl)cc1. The van der Waals surface area contributed by atoms with E-state index in [1.807, 2.05) is 0 Å². The number of carbonyl (C=O) groups is 2. The molecule has 0 aliphatic carbocycles. The Morgan fingerprint density at radius 3 is 2.00 bits per heavy atom. The van der Waals surface area contributed by atoms with Crippen molar-refractivity contribution in [3.8, 4) is 0 Å². The van der Waals surface area contributed by atoms with Gasteiger partial charge in [0.2, 0.25) is 0 Å². The molecular weight excluding hydrogens is 490 g/mol. The van der Waals surface area contributed by atoms with Gasteiger partial charge in [0, 0.05) is 42.7 Å². The molecule has 2 aromatic rings. The number of likely N-dealkylation sites (tertiary alicyclic amines) is 1. The van der Waals surface area contributed by atoms with Crippen LogP contribution in [-0.4, -0.2) is 53.1 Å². The first-order valence-electron chi connectivity index (χ1n) is 9.98. The van der Waals surface area contributed by atoms with Crippen molar-refractivity contribution >= 4 is 23.6 Å². The van der Waals surface area contributed by atoms with Crippen LogP contribution in [0.2, 0.25) is 5.02 Å². The van der Waals surface area contributed by atoms with Crippen molar-refractivity contribution in [3.63, 3.8) is 0 Å². The number of halogens is 7. The van der Waals surface area contributed by atoms with Gasteiger partial charge in [0.15, 0.2) is 0 Å². The van der Waals surface area contributed by atoms with E-state index in [9.17, 15) is 41.0 Å². The summed E-state index contributed by atoms with van der Waals surface area (Å²) in [6.45, 7) is 0.0216. The molecule has 0 aromatic heterocycles. The number of amides is 2. The van der Waals surface area contributed by atoms with Gasteiger partial charge < -0.3 is 14.9 Å². The molecule has 184 valence electrons. The second-order valence-corrected chi connectivity index (χ2v) is 8.39. The topological polar surface area (TPSA) is 60.9 Å². The summed E-state index contributed by atoms with van der Waals surface area (Å²) in [5.74, 6) is -1.62. The minimum Gasteiger partial charge on any atom is -0.465 e. The van der Waals surface area contributed by atoms with Crippen molar-refractivity contribution in [2.45, 2.75) is 30.7 Å². The van der Waals surface area contributed by atoms with Crippen LogP contribution in [0.15, 0.2) is 42.5 Å². The maximum atomic E-state index is 13.2. The van der Waals surface area contributed by atoms with Crippen LogP contribution in [0.5, 0.6) is 0 Å². The lowest BCUT2D eigenvalue weighted by Crippen LogP contribution is -2.51. The minimum atomic E-state index is -5.09.